The Labute approximate surface area is 189 Å². The number of carbonyl (C=O) groups excluding carboxylic acids is 2. The SMILES string of the molecule is COc1c(Br)c(C(=O)OCC(=O)Nc2ccc(Cl)cc2C)c(Br)c(OC)c1OC. The van der Waals surface area contributed by atoms with Crippen LogP contribution in [-0.4, -0.2) is 39.8 Å². The third-order valence-electron chi connectivity index (χ3n) is 3.86. The van der Waals surface area contributed by atoms with Gasteiger partial charge in [-0.3, -0.25) is 4.79 Å². The van der Waals surface area contributed by atoms with Crippen LogP contribution in [0.4, 0.5) is 5.69 Å². The van der Waals surface area contributed by atoms with E-state index in [1.165, 1.54) is 21.3 Å². The number of rotatable bonds is 7. The van der Waals surface area contributed by atoms with Crippen molar-refractivity contribution in [2.45, 2.75) is 6.92 Å². The van der Waals surface area contributed by atoms with E-state index in [0.29, 0.717) is 25.4 Å². The van der Waals surface area contributed by atoms with Gasteiger partial charge in [0.25, 0.3) is 5.91 Å². The molecule has 0 aliphatic heterocycles. The van der Waals surface area contributed by atoms with Crippen LogP contribution in [0.5, 0.6) is 17.2 Å². The molecule has 0 bridgehead atoms. The molecule has 0 fully saturated rings. The van der Waals surface area contributed by atoms with E-state index in [2.05, 4.69) is 37.2 Å². The summed E-state index contributed by atoms with van der Waals surface area (Å²) in [5.41, 5.74) is 1.45. The summed E-state index contributed by atoms with van der Waals surface area (Å²) in [6, 6.07) is 5.04. The van der Waals surface area contributed by atoms with Crippen LogP contribution in [0.2, 0.25) is 5.02 Å². The topological polar surface area (TPSA) is 83.1 Å². The molecule has 0 spiro atoms. The fourth-order valence-electron chi connectivity index (χ4n) is 2.51. The molecule has 0 saturated heterocycles. The van der Waals surface area contributed by atoms with Gasteiger partial charge in [0, 0.05) is 10.7 Å². The molecule has 1 N–H and O–H groups in total. The third kappa shape index (κ3) is 5.15. The number of amides is 1. The minimum Gasteiger partial charge on any atom is -0.492 e. The van der Waals surface area contributed by atoms with Crippen molar-refractivity contribution in [1.82, 2.24) is 0 Å². The second-order valence-corrected chi connectivity index (χ2v) is 7.71. The van der Waals surface area contributed by atoms with Gasteiger partial charge in [0.1, 0.15) is 0 Å². The Hall–Kier alpha value is -1.97. The molecule has 0 radical (unpaired) electrons. The Bertz CT molecular complexity index is 920. The van der Waals surface area contributed by atoms with E-state index < -0.39 is 18.5 Å². The first-order chi connectivity index (χ1) is 13.7. The van der Waals surface area contributed by atoms with Gasteiger partial charge in [-0.15, -0.1) is 0 Å². The Balaban J connectivity index is 2.21. The van der Waals surface area contributed by atoms with E-state index in [-0.39, 0.29) is 17.1 Å². The molecule has 0 unspecified atom stereocenters. The molecule has 0 heterocycles. The highest BCUT2D eigenvalue weighted by molar-refractivity contribution is 9.11. The fraction of sp³-hybridized carbons (Fsp3) is 0.263. The molecule has 2 aromatic carbocycles. The fourth-order valence-corrected chi connectivity index (χ4v) is 4.41. The smallest absolute Gasteiger partial charge is 0.341 e. The van der Waals surface area contributed by atoms with E-state index in [1.54, 1.807) is 25.1 Å². The molecule has 0 aliphatic carbocycles. The lowest BCUT2D eigenvalue weighted by molar-refractivity contribution is -0.119. The number of methoxy groups -OCH3 is 3. The van der Waals surface area contributed by atoms with Crippen LogP contribution in [0.1, 0.15) is 15.9 Å². The van der Waals surface area contributed by atoms with Crippen molar-refractivity contribution in [3.05, 3.63) is 43.3 Å². The summed E-state index contributed by atoms with van der Waals surface area (Å²) >= 11 is 12.5. The zero-order chi connectivity index (χ0) is 21.7. The zero-order valence-corrected chi connectivity index (χ0v) is 20.0. The van der Waals surface area contributed by atoms with Crippen molar-refractivity contribution >= 4 is 61.0 Å². The van der Waals surface area contributed by atoms with E-state index in [4.69, 9.17) is 30.5 Å². The van der Waals surface area contributed by atoms with E-state index in [0.717, 1.165) is 5.56 Å². The Morgan fingerprint density at radius 2 is 1.55 bits per heavy atom. The summed E-state index contributed by atoms with van der Waals surface area (Å²) in [4.78, 5) is 24.8. The Morgan fingerprint density at radius 1 is 1.00 bits per heavy atom. The molecular formula is C19H18Br2ClNO6. The molecule has 1 amide bonds. The molecule has 0 atom stereocenters. The minimum absolute atomic E-state index is 0.0926. The van der Waals surface area contributed by atoms with Crippen LogP contribution in [0.25, 0.3) is 0 Å². The predicted molar refractivity (Wildman–Crippen MR) is 117 cm³/mol. The molecule has 2 aromatic rings. The summed E-state index contributed by atoms with van der Waals surface area (Å²) in [5.74, 6) is -0.461. The maximum atomic E-state index is 12.7. The number of halogens is 3. The lowest BCUT2D eigenvalue weighted by Crippen LogP contribution is -2.22. The number of aryl methyl sites for hydroxylation is 1. The van der Waals surface area contributed by atoms with Crippen LogP contribution < -0.4 is 19.5 Å². The van der Waals surface area contributed by atoms with Gasteiger partial charge in [0.05, 0.1) is 35.8 Å². The summed E-state index contributed by atoms with van der Waals surface area (Å²) in [7, 11) is 4.29. The largest absolute Gasteiger partial charge is 0.492 e. The van der Waals surface area contributed by atoms with Crippen LogP contribution in [-0.2, 0) is 9.53 Å². The summed E-state index contributed by atoms with van der Waals surface area (Å²) in [5, 5.41) is 3.23. The molecule has 2 rings (SSSR count). The summed E-state index contributed by atoms with van der Waals surface area (Å²) < 4.78 is 21.7. The first-order valence-electron chi connectivity index (χ1n) is 8.15. The second kappa shape index (κ2) is 10.2. The zero-order valence-electron chi connectivity index (χ0n) is 16.0. The van der Waals surface area contributed by atoms with Gasteiger partial charge in [0.2, 0.25) is 5.75 Å². The molecular weight excluding hydrogens is 533 g/mol. The molecule has 156 valence electrons. The minimum atomic E-state index is -0.758. The molecule has 10 heteroatoms. The highest BCUT2D eigenvalue weighted by atomic mass is 79.9. The third-order valence-corrected chi connectivity index (χ3v) is 5.61. The van der Waals surface area contributed by atoms with Crippen molar-refractivity contribution < 1.29 is 28.5 Å². The van der Waals surface area contributed by atoms with E-state index in [9.17, 15) is 9.59 Å². The van der Waals surface area contributed by atoms with E-state index in [1.807, 2.05) is 0 Å². The van der Waals surface area contributed by atoms with Crippen LogP contribution in [0.3, 0.4) is 0 Å². The van der Waals surface area contributed by atoms with Crippen LogP contribution in [0, 0.1) is 6.92 Å². The van der Waals surface area contributed by atoms with Crippen molar-refractivity contribution in [2.75, 3.05) is 33.3 Å². The Kier molecular flexibility index (Phi) is 8.18. The summed E-state index contributed by atoms with van der Waals surface area (Å²) in [6.45, 7) is 1.31. The van der Waals surface area contributed by atoms with Crippen molar-refractivity contribution in [1.29, 1.82) is 0 Å². The Morgan fingerprint density at radius 3 is 2.03 bits per heavy atom. The maximum Gasteiger partial charge on any atom is 0.341 e. The normalized spacial score (nSPS) is 10.3. The lowest BCUT2D eigenvalue weighted by atomic mass is 10.2. The standard InChI is InChI=1S/C19H18Br2ClNO6/c1-9-7-10(22)5-6-11(9)23-12(24)8-29-19(25)13-14(20)16(26-2)18(28-4)17(27-3)15(13)21/h5-7H,8H2,1-4H3,(H,23,24). The first-order valence-corrected chi connectivity index (χ1v) is 10.1. The number of esters is 1. The van der Waals surface area contributed by atoms with E-state index >= 15 is 0 Å². The predicted octanol–water partition coefficient (Wildman–Crippen LogP) is 4.99. The molecule has 7 nitrogen and oxygen atoms in total. The van der Waals surface area contributed by atoms with Gasteiger partial charge in [0.15, 0.2) is 18.1 Å². The van der Waals surface area contributed by atoms with Gasteiger partial charge in [-0.05, 0) is 62.5 Å². The highest BCUT2D eigenvalue weighted by Crippen LogP contribution is 2.50. The van der Waals surface area contributed by atoms with Gasteiger partial charge in [-0.25, -0.2) is 4.79 Å². The summed E-state index contributed by atoms with van der Waals surface area (Å²) in [6.07, 6.45) is 0. The molecule has 29 heavy (non-hydrogen) atoms. The number of carbonyl (C=O) groups is 2. The number of benzene rings is 2. The highest BCUT2D eigenvalue weighted by Gasteiger charge is 2.29. The van der Waals surface area contributed by atoms with Crippen molar-refractivity contribution in [3.8, 4) is 17.2 Å². The van der Waals surface area contributed by atoms with Crippen molar-refractivity contribution in [2.24, 2.45) is 0 Å². The van der Waals surface area contributed by atoms with Gasteiger partial charge < -0.3 is 24.3 Å². The lowest BCUT2D eigenvalue weighted by Gasteiger charge is -2.18. The maximum absolute atomic E-state index is 12.7. The number of nitrogens with one attached hydrogen (secondary N) is 1. The van der Waals surface area contributed by atoms with Crippen LogP contribution in [0.15, 0.2) is 27.1 Å². The number of ether oxygens (including phenoxy) is 4. The average Bonchev–Trinajstić information content (AvgIpc) is 2.68. The quantitative estimate of drug-likeness (QED) is 0.488. The van der Waals surface area contributed by atoms with Crippen molar-refractivity contribution in [3.63, 3.8) is 0 Å². The van der Waals surface area contributed by atoms with Gasteiger partial charge >= 0.3 is 5.97 Å². The number of anilines is 1. The number of hydrogen-bond donors (Lipinski definition) is 1. The van der Waals surface area contributed by atoms with Gasteiger partial charge in [-0.1, -0.05) is 11.6 Å². The molecule has 0 aliphatic rings. The monoisotopic (exact) mass is 549 g/mol. The average molecular weight is 552 g/mol. The first kappa shape index (κ1) is 23.3. The number of hydrogen-bond acceptors (Lipinski definition) is 6. The molecule has 0 saturated carbocycles. The second-order valence-electron chi connectivity index (χ2n) is 5.69. The van der Waals surface area contributed by atoms with Gasteiger partial charge in [-0.2, -0.15) is 0 Å². The van der Waals surface area contributed by atoms with Crippen LogP contribution >= 0.6 is 43.5 Å². The molecule has 0 aromatic heterocycles.